The van der Waals surface area contributed by atoms with Crippen molar-refractivity contribution in [3.8, 4) is 0 Å². The quantitative estimate of drug-likeness (QED) is 0.733. The number of hydrogen-bond donors (Lipinski definition) is 3. The van der Waals surface area contributed by atoms with E-state index in [1.807, 2.05) is 18.2 Å². The molecule has 3 N–H and O–H groups in total. The van der Waals surface area contributed by atoms with Gasteiger partial charge >= 0.3 is 6.09 Å². The van der Waals surface area contributed by atoms with Crippen molar-refractivity contribution < 1.29 is 9.90 Å². The molecule has 0 bridgehead atoms. The summed E-state index contributed by atoms with van der Waals surface area (Å²) in [5.41, 5.74) is 1.46. The average molecular weight is 255 g/mol. The number of rotatable bonds is 1. The number of benzene rings is 1. The predicted octanol–water partition coefficient (Wildman–Crippen LogP) is 3.02. The van der Waals surface area contributed by atoms with Gasteiger partial charge in [-0.1, -0.05) is 15.9 Å². The Bertz CT molecular complexity index is 493. The van der Waals surface area contributed by atoms with Crippen LogP contribution < -0.4 is 5.32 Å². The molecule has 1 heterocycles. The van der Waals surface area contributed by atoms with Gasteiger partial charge in [-0.15, -0.1) is 0 Å². The van der Waals surface area contributed by atoms with Gasteiger partial charge in [0.1, 0.15) is 0 Å². The monoisotopic (exact) mass is 254 g/mol. The van der Waals surface area contributed by atoms with Crippen LogP contribution in [0.5, 0.6) is 0 Å². The van der Waals surface area contributed by atoms with E-state index in [0.717, 1.165) is 15.4 Å². The van der Waals surface area contributed by atoms with Crippen LogP contribution in [0, 0.1) is 0 Å². The van der Waals surface area contributed by atoms with Crippen molar-refractivity contribution >= 4 is 38.6 Å². The molecule has 0 aliphatic carbocycles. The summed E-state index contributed by atoms with van der Waals surface area (Å²) in [6, 6.07) is 5.60. The van der Waals surface area contributed by atoms with Crippen molar-refractivity contribution in [1.29, 1.82) is 0 Å². The van der Waals surface area contributed by atoms with E-state index in [9.17, 15) is 4.79 Å². The van der Waals surface area contributed by atoms with E-state index in [1.165, 1.54) is 0 Å². The SMILES string of the molecule is O=C(O)Nc1c[nH]c2cc(Br)ccc12. The van der Waals surface area contributed by atoms with Gasteiger partial charge in [0.2, 0.25) is 0 Å². The molecule has 2 rings (SSSR count). The highest BCUT2D eigenvalue weighted by Crippen LogP contribution is 2.25. The second-order valence-electron chi connectivity index (χ2n) is 2.82. The van der Waals surface area contributed by atoms with E-state index in [4.69, 9.17) is 5.11 Å². The molecule has 0 spiro atoms. The number of amides is 1. The summed E-state index contributed by atoms with van der Waals surface area (Å²) in [6.45, 7) is 0. The Hall–Kier alpha value is -1.49. The summed E-state index contributed by atoms with van der Waals surface area (Å²) >= 11 is 3.34. The van der Waals surface area contributed by atoms with Crippen molar-refractivity contribution in [2.45, 2.75) is 0 Å². The van der Waals surface area contributed by atoms with Crippen LogP contribution in [0.4, 0.5) is 10.5 Å². The first-order chi connectivity index (χ1) is 6.66. The highest BCUT2D eigenvalue weighted by Gasteiger charge is 2.05. The van der Waals surface area contributed by atoms with Crippen LogP contribution in [0.25, 0.3) is 10.9 Å². The van der Waals surface area contributed by atoms with Crippen molar-refractivity contribution in [1.82, 2.24) is 4.98 Å². The number of fused-ring (bicyclic) bond motifs is 1. The lowest BCUT2D eigenvalue weighted by Crippen LogP contribution is -2.06. The maximum Gasteiger partial charge on any atom is 0.409 e. The highest BCUT2D eigenvalue weighted by atomic mass is 79.9. The zero-order valence-corrected chi connectivity index (χ0v) is 8.63. The molecule has 0 radical (unpaired) electrons. The van der Waals surface area contributed by atoms with Gasteiger partial charge in [0.25, 0.3) is 0 Å². The summed E-state index contributed by atoms with van der Waals surface area (Å²) in [4.78, 5) is 13.4. The Kier molecular flexibility index (Phi) is 2.17. The Balaban J connectivity index is 2.52. The first kappa shape index (κ1) is 9.08. The number of hydrogen-bond acceptors (Lipinski definition) is 1. The van der Waals surface area contributed by atoms with E-state index in [-0.39, 0.29) is 0 Å². The van der Waals surface area contributed by atoms with Crippen molar-refractivity contribution in [3.63, 3.8) is 0 Å². The predicted molar refractivity (Wildman–Crippen MR) is 57.6 cm³/mol. The molecular formula is C9H7BrN2O2. The molecule has 4 nitrogen and oxygen atoms in total. The molecular weight excluding hydrogens is 248 g/mol. The molecule has 2 aromatic rings. The summed E-state index contributed by atoms with van der Waals surface area (Å²) in [6.07, 6.45) is 0.569. The molecule has 0 saturated carbocycles. The van der Waals surface area contributed by atoms with Gasteiger partial charge in [0, 0.05) is 21.6 Å². The Morgan fingerprint density at radius 3 is 3.00 bits per heavy atom. The number of anilines is 1. The number of H-pyrrole nitrogens is 1. The van der Waals surface area contributed by atoms with Gasteiger partial charge in [0.15, 0.2) is 0 Å². The molecule has 14 heavy (non-hydrogen) atoms. The molecule has 5 heteroatoms. The second-order valence-corrected chi connectivity index (χ2v) is 3.74. The molecule has 1 aromatic heterocycles. The molecule has 72 valence electrons. The fourth-order valence-electron chi connectivity index (χ4n) is 1.32. The third-order valence-corrected chi connectivity index (χ3v) is 2.38. The van der Waals surface area contributed by atoms with Crippen molar-refractivity contribution in [2.24, 2.45) is 0 Å². The summed E-state index contributed by atoms with van der Waals surface area (Å²) in [5, 5.41) is 11.7. The average Bonchev–Trinajstić information content (AvgIpc) is 2.47. The van der Waals surface area contributed by atoms with Crippen molar-refractivity contribution in [2.75, 3.05) is 5.32 Å². The standard InChI is InChI=1S/C9H7BrN2O2/c10-5-1-2-6-7(3-5)11-4-8(6)12-9(13)14/h1-4,11-12H,(H,13,14). The summed E-state index contributed by atoms with van der Waals surface area (Å²) in [7, 11) is 0. The minimum atomic E-state index is -1.06. The lowest BCUT2D eigenvalue weighted by molar-refractivity contribution is 0.210. The fourth-order valence-corrected chi connectivity index (χ4v) is 1.68. The van der Waals surface area contributed by atoms with Gasteiger partial charge < -0.3 is 10.1 Å². The Labute approximate surface area is 88.1 Å². The molecule has 1 aromatic carbocycles. The van der Waals surface area contributed by atoms with E-state index in [1.54, 1.807) is 6.20 Å². The third-order valence-electron chi connectivity index (χ3n) is 1.89. The zero-order valence-electron chi connectivity index (χ0n) is 7.04. The topological polar surface area (TPSA) is 65.1 Å². The number of aromatic nitrogens is 1. The molecule has 0 aliphatic rings. The molecule has 0 atom stereocenters. The molecule has 1 amide bonds. The first-order valence-electron chi connectivity index (χ1n) is 3.93. The van der Waals surface area contributed by atoms with Gasteiger partial charge in [-0.2, -0.15) is 0 Å². The Morgan fingerprint density at radius 1 is 1.50 bits per heavy atom. The second kappa shape index (κ2) is 3.34. The zero-order chi connectivity index (χ0) is 10.1. The van der Waals surface area contributed by atoms with Crippen LogP contribution in [0.3, 0.4) is 0 Å². The smallest absolute Gasteiger partial charge is 0.409 e. The largest absolute Gasteiger partial charge is 0.465 e. The van der Waals surface area contributed by atoms with Crippen molar-refractivity contribution in [3.05, 3.63) is 28.9 Å². The van der Waals surface area contributed by atoms with Crippen LogP contribution in [0.2, 0.25) is 0 Å². The minimum absolute atomic E-state index is 0.569. The molecule has 0 fully saturated rings. The first-order valence-corrected chi connectivity index (χ1v) is 4.73. The minimum Gasteiger partial charge on any atom is -0.465 e. The van der Waals surface area contributed by atoms with Gasteiger partial charge in [-0.25, -0.2) is 4.79 Å². The van der Waals surface area contributed by atoms with Gasteiger partial charge in [-0.3, -0.25) is 5.32 Å². The summed E-state index contributed by atoms with van der Waals surface area (Å²) < 4.78 is 0.953. The van der Waals surface area contributed by atoms with Gasteiger partial charge in [-0.05, 0) is 18.2 Å². The van der Waals surface area contributed by atoms with E-state index in [0.29, 0.717) is 5.69 Å². The van der Waals surface area contributed by atoms with E-state index in [2.05, 4.69) is 26.2 Å². The number of halogens is 1. The number of carboxylic acid groups (broad SMARTS) is 1. The Morgan fingerprint density at radius 2 is 2.29 bits per heavy atom. The normalized spacial score (nSPS) is 10.4. The fraction of sp³-hybridized carbons (Fsp3) is 0. The number of nitrogens with one attached hydrogen (secondary N) is 2. The van der Waals surface area contributed by atoms with Crippen LogP contribution in [-0.2, 0) is 0 Å². The van der Waals surface area contributed by atoms with Crippen LogP contribution in [-0.4, -0.2) is 16.2 Å². The van der Waals surface area contributed by atoms with Crippen LogP contribution in [0.1, 0.15) is 0 Å². The third kappa shape index (κ3) is 1.58. The molecule has 0 aliphatic heterocycles. The van der Waals surface area contributed by atoms with E-state index >= 15 is 0 Å². The lowest BCUT2D eigenvalue weighted by atomic mass is 10.2. The summed E-state index contributed by atoms with van der Waals surface area (Å²) in [5.74, 6) is 0. The molecule has 0 saturated heterocycles. The number of aromatic amines is 1. The van der Waals surface area contributed by atoms with E-state index < -0.39 is 6.09 Å². The maximum atomic E-state index is 10.4. The maximum absolute atomic E-state index is 10.4. The number of carbonyl (C=O) groups is 1. The molecule has 0 unspecified atom stereocenters. The highest BCUT2D eigenvalue weighted by molar-refractivity contribution is 9.10. The van der Waals surface area contributed by atoms with Crippen LogP contribution >= 0.6 is 15.9 Å². The van der Waals surface area contributed by atoms with Gasteiger partial charge in [0.05, 0.1) is 5.69 Å². The lowest BCUT2D eigenvalue weighted by Gasteiger charge is -1.97. The van der Waals surface area contributed by atoms with Crippen LogP contribution in [0.15, 0.2) is 28.9 Å².